The third-order valence-corrected chi connectivity index (χ3v) is 41.0. The van der Waals surface area contributed by atoms with Gasteiger partial charge in [-0.25, -0.2) is 4.79 Å². The summed E-state index contributed by atoms with van der Waals surface area (Å²) in [6.07, 6.45) is 24.0. The van der Waals surface area contributed by atoms with Crippen LogP contribution in [0.3, 0.4) is 0 Å². The normalized spacial score (nSPS) is 28.7. The van der Waals surface area contributed by atoms with Crippen LogP contribution < -0.4 is 27.3 Å². The lowest BCUT2D eigenvalue weighted by molar-refractivity contribution is -0.153. The highest BCUT2D eigenvalue weighted by atomic mass is 32.1. The molecule has 35 heteroatoms. The molecule has 7 saturated carbocycles. The van der Waals surface area contributed by atoms with Gasteiger partial charge in [-0.05, 0) is 303 Å². The monoisotopic (exact) mass is 2060 g/mol. The number of rotatable bonds is 9. The van der Waals surface area contributed by atoms with Gasteiger partial charge in [0.15, 0.2) is 63.6 Å². The van der Waals surface area contributed by atoms with E-state index in [9.17, 15) is 119 Å². The number of phenols is 10. The molecule has 0 saturated heterocycles. The first kappa shape index (κ1) is 107. The number of hydrogen-bond acceptors (Lipinski definition) is 25. The van der Waals surface area contributed by atoms with E-state index in [1.54, 1.807) is 47.7 Å². The fourth-order valence-corrected chi connectivity index (χ4v) is 34.6. The van der Waals surface area contributed by atoms with E-state index in [1.165, 1.54) is 117 Å². The molecular weight excluding hydrogens is 1910 g/mol. The summed E-state index contributed by atoms with van der Waals surface area (Å²) in [4.78, 5) is 20.7. The third-order valence-electron chi connectivity index (χ3n) is 39.6. The summed E-state index contributed by atoms with van der Waals surface area (Å²) in [5.41, 5.74) is 6.24. The lowest BCUT2D eigenvalue weighted by Gasteiger charge is -2.53. The second-order valence-corrected chi connectivity index (χ2v) is 51.7. The van der Waals surface area contributed by atoms with Gasteiger partial charge >= 0.3 is 47.7 Å². The molecule has 148 heavy (non-hydrogen) atoms. The molecule has 12 aliphatic carbocycles. The maximum absolute atomic E-state index is 14.1. The molecule has 5 heterocycles. The Labute approximate surface area is 866 Å². The Morgan fingerprint density at radius 2 is 0.716 bits per heavy atom. The molecule has 11 aromatic rings. The van der Waals surface area contributed by atoms with Crippen molar-refractivity contribution in [2.45, 2.75) is 347 Å². The third kappa shape index (κ3) is 17.6. The number of esters is 1. The molecule has 6 aromatic carbocycles. The molecule has 26 nitrogen and oxygen atoms in total. The van der Waals surface area contributed by atoms with E-state index >= 15 is 0 Å². The van der Waals surface area contributed by atoms with Crippen molar-refractivity contribution in [1.29, 1.82) is 0 Å². The smallest absolute Gasteiger partial charge is 0.496 e. The van der Waals surface area contributed by atoms with E-state index in [4.69, 9.17) is 13.6 Å². The van der Waals surface area contributed by atoms with Crippen molar-refractivity contribution in [3.63, 3.8) is 0 Å². The topological polar surface area (TPSA) is 489 Å². The van der Waals surface area contributed by atoms with E-state index in [0.29, 0.717) is 93.3 Å². The second-order valence-electron chi connectivity index (χ2n) is 50.7. The van der Waals surface area contributed by atoms with Crippen molar-refractivity contribution < 1.29 is 133 Å². The van der Waals surface area contributed by atoms with Gasteiger partial charge in [-0.3, -0.25) is 0 Å². The molecule has 12 aliphatic rings. The van der Waals surface area contributed by atoms with E-state index in [-0.39, 0.29) is 128 Å². The highest BCUT2D eigenvalue weighted by molar-refractivity contribution is 7.21. The van der Waals surface area contributed by atoms with Crippen molar-refractivity contribution in [1.82, 2.24) is 9.97 Å². The molecule has 0 bridgehead atoms. The minimum atomic E-state index is -4.48. The number of aromatic hydroxyl groups is 10. The minimum absolute atomic E-state index is 0.0000633. The zero-order chi connectivity index (χ0) is 107. The number of carbonyl (C=O) groups is 1. The molecule has 794 valence electrons. The van der Waals surface area contributed by atoms with Crippen molar-refractivity contribution in [2.75, 3.05) is 0 Å². The zero-order valence-corrected chi connectivity index (χ0v) is 88.5. The number of fused-ring (bicyclic) bond motifs is 25. The summed E-state index contributed by atoms with van der Waals surface area (Å²) in [7, 11) is -9.78. The average Bonchev–Trinajstić information content (AvgIpc) is 1.54. The van der Waals surface area contributed by atoms with Crippen LogP contribution >= 0.6 is 11.3 Å². The number of aromatic amines is 2. The van der Waals surface area contributed by atoms with Crippen LogP contribution in [0.2, 0.25) is 0 Å². The molecule has 22 N–H and O–H groups in total. The number of halogens is 3. The molecule has 23 rings (SSSR count). The molecule has 0 spiro atoms. The second kappa shape index (κ2) is 37.8. The van der Waals surface area contributed by atoms with Crippen LogP contribution in [0.4, 0.5) is 13.2 Å². The van der Waals surface area contributed by atoms with Crippen LogP contribution in [0.5, 0.6) is 57.5 Å². The first-order valence-corrected chi connectivity index (χ1v) is 54.5. The van der Waals surface area contributed by atoms with Crippen molar-refractivity contribution in [3.8, 4) is 57.5 Å². The Hall–Kier alpha value is -9.38. The SMILES string of the molecule is CC1(C)CCCC2(C)c3c(oc4c(B(O)O)c(O)c(O)cc34)CCC12.CC1(C)CCC[C@@]2(C)c3c([nH]c4c(B(O)O)c(O)c(O)cc34)C(C(F)(F)F)CC[C@H]12.CC1(C)CCC[C@@]2(C)c3c([nH]c4c(B(O)O)c(O)c(O)cc34)C(C3CC3)CC[C@H]12.CC1(C)CCC[C@@]2(C)c3c(oc4c(B(O)O)c(O)c(O)cc34)C(OC(=O)c3ccccc3)CC[C@H]12.CC1(C)CCC[C@@]2(C)c3c(sc4c(B(O)O)c(O)c(O)cc34)C(C3CC3)CC[C@H]12. The maximum atomic E-state index is 14.1. The standard InChI is InChI=1S/C27H31BO7.C23H32BNO4.C23H31BO4S.C21H27BF3NO4.C19H25BO5/c1-26(2)12-7-13-27(3)19(26)11-10-18(34-25(31)15-8-5-4-6-9-15)24-20(27)16-14-17(29)22(30)21(28(32)33)23(16)35-24;1-22(2)9-4-10-23(3)16(22)8-7-13(12-5-6-12)19-17(23)14-11-15(26)21(27)18(24(28)29)20(14)25-19;1-22(2)9-4-10-23(3)16(22)8-7-13(12-5-6-12)20-17(23)14-11-15(25)19(26)18(24(27)28)21(14)29-20;1-19(2)7-4-8-20(3)13(19)6-5-11(21(23,24)25)17-14(20)10-9-12(27)18(28)15(22(29)30)16(10)26-17;1-18(2)7-4-8-19(3)13(18)6-5-12-14(19)10-9-11(21)16(22)15(20(23)24)17(10)25-12/h4-6,8-9,14,18-19,29-30,32-33H,7,10-13H2,1-3H3;11-13,16,25-29H,4-10H2,1-3H3;11-13,16,25-28H,4-10H2,1-3H3;9,11,13,26-30H,4-8H2,1-3H3;9,13,21-24H,4-8H2,1-3H3/t18?,19-,27-;2*13?,16-,23-;11?,13-,20-;/m1111./s1. The number of benzene rings is 6. The number of aromatic nitrogens is 2. The van der Waals surface area contributed by atoms with Gasteiger partial charge < -0.3 is 125 Å². The van der Waals surface area contributed by atoms with Gasteiger partial charge in [0.2, 0.25) is 0 Å². The fourth-order valence-electron chi connectivity index (χ4n) is 32.9. The molecule has 5 aromatic heterocycles. The van der Waals surface area contributed by atoms with Crippen molar-refractivity contribution in [2.24, 2.45) is 68.5 Å². The van der Waals surface area contributed by atoms with Gasteiger partial charge in [0.25, 0.3) is 0 Å². The van der Waals surface area contributed by atoms with Gasteiger partial charge in [-0.2, -0.15) is 13.2 Å². The lowest BCUT2D eigenvalue weighted by Crippen LogP contribution is -2.47. The Kier molecular flexibility index (Phi) is 27.4. The Morgan fingerprint density at radius 3 is 1.15 bits per heavy atom. The number of H-pyrrole nitrogens is 2. The van der Waals surface area contributed by atoms with Gasteiger partial charge in [0.1, 0.15) is 22.7 Å². The highest BCUT2D eigenvalue weighted by Gasteiger charge is 2.61. The Morgan fingerprint density at radius 1 is 0.372 bits per heavy atom. The number of ether oxygens (including phenoxy) is 1. The first-order valence-electron chi connectivity index (χ1n) is 53.7. The molecule has 7 fully saturated rings. The minimum Gasteiger partial charge on any atom is -0.504 e. The summed E-state index contributed by atoms with van der Waals surface area (Å²) in [5.74, 6) is -1.46. The first-order chi connectivity index (χ1) is 69.3. The van der Waals surface area contributed by atoms with Crippen LogP contribution in [-0.4, -0.2) is 159 Å². The summed E-state index contributed by atoms with van der Waals surface area (Å²) < 4.78 is 61.4. The van der Waals surface area contributed by atoms with Crippen LogP contribution in [0.15, 0.2) is 69.5 Å². The number of aryl methyl sites for hydroxylation is 1. The van der Waals surface area contributed by atoms with Gasteiger partial charge in [0.05, 0.1) is 33.3 Å². The Balaban J connectivity index is 0.000000117. The van der Waals surface area contributed by atoms with E-state index in [1.807, 2.05) is 13.0 Å². The molecule has 0 radical (unpaired) electrons. The number of alkyl halides is 3. The zero-order valence-electron chi connectivity index (χ0n) is 87.6. The molecule has 0 aliphatic heterocycles. The van der Waals surface area contributed by atoms with E-state index < -0.39 is 111 Å². The van der Waals surface area contributed by atoms with E-state index in [0.717, 1.165) is 122 Å². The largest absolute Gasteiger partial charge is 0.504 e. The van der Waals surface area contributed by atoms with Crippen molar-refractivity contribution in [3.05, 3.63) is 122 Å². The summed E-state index contributed by atoms with van der Waals surface area (Å²) >= 11 is 1.63. The molecule has 6 unspecified atom stereocenters. The quantitative estimate of drug-likeness (QED) is 0.0362. The maximum Gasteiger partial charge on any atom is 0.496 e. The van der Waals surface area contributed by atoms with Crippen molar-refractivity contribution >= 4 is 134 Å². The van der Waals surface area contributed by atoms with Crippen LogP contribution in [0.1, 0.15) is 373 Å². The number of nitrogens with one attached hydrogen (secondary N) is 2. The summed E-state index contributed by atoms with van der Waals surface area (Å²) in [6, 6.07) is 16.2. The van der Waals surface area contributed by atoms with Gasteiger partial charge in [-0.1, -0.05) is 154 Å². The Bertz CT molecular complexity index is 6830. The van der Waals surface area contributed by atoms with Crippen LogP contribution in [-0.2, 0) is 38.2 Å². The fraction of sp³-hybridized carbons (Fsp3) is 0.584. The summed E-state index contributed by atoms with van der Waals surface area (Å²) in [5, 5.41) is 205. The molecular formula is C113H146B5F3N2O24S. The number of carbonyl (C=O) groups excluding carboxylic acids is 1. The average molecular weight is 2060 g/mol. The predicted molar refractivity (Wildman–Crippen MR) is 569 cm³/mol. The number of furan rings is 2. The highest BCUT2D eigenvalue weighted by Crippen LogP contribution is 2.69. The van der Waals surface area contributed by atoms with Gasteiger partial charge in [-0.15, -0.1) is 11.3 Å². The summed E-state index contributed by atoms with van der Waals surface area (Å²) in [6.45, 7) is 34.2. The number of hydrogen-bond donors (Lipinski definition) is 22. The van der Waals surface area contributed by atoms with E-state index in [2.05, 4.69) is 107 Å². The van der Waals surface area contributed by atoms with Gasteiger partial charge in [0, 0.05) is 93.3 Å². The molecule has 0 amide bonds. The predicted octanol–water partition coefficient (Wildman–Crippen LogP) is 18.6. The number of thiophene rings is 1. The number of phenolic OH excluding ortho intramolecular Hbond substituents is 10. The lowest BCUT2D eigenvalue weighted by atomic mass is 9.51. The van der Waals surface area contributed by atoms with Crippen LogP contribution in [0.25, 0.3) is 53.8 Å². The molecule has 14 atom stereocenters. The van der Waals surface area contributed by atoms with Crippen LogP contribution in [0, 0.1) is 68.5 Å².